The van der Waals surface area contributed by atoms with E-state index in [9.17, 15) is 10.2 Å². The summed E-state index contributed by atoms with van der Waals surface area (Å²) in [5.41, 5.74) is 2.09. The van der Waals surface area contributed by atoms with Crippen molar-refractivity contribution in [2.45, 2.75) is 6.04 Å². The number of aliphatic imine (C=N–C) groups is 2. The monoisotopic (exact) mass is 342 g/mol. The van der Waals surface area contributed by atoms with Crippen LogP contribution in [0.4, 0.5) is 0 Å². The zero-order chi connectivity index (χ0) is 18.2. The van der Waals surface area contributed by atoms with Crippen molar-refractivity contribution in [1.82, 2.24) is 0 Å². The van der Waals surface area contributed by atoms with Gasteiger partial charge in [0.15, 0.2) is 0 Å². The highest BCUT2D eigenvalue weighted by atomic mass is 16.3. The van der Waals surface area contributed by atoms with Crippen LogP contribution in [-0.2, 0) is 0 Å². The van der Waals surface area contributed by atoms with Crippen LogP contribution < -0.4 is 10.2 Å². The molecule has 0 aliphatic carbocycles. The van der Waals surface area contributed by atoms with E-state index in [0.717, 1.165) is 5.56 Å². The van der Waals surface area contributed by atoms with Crippen molar-refractivity contribution in [2.24, 2.45) is 9.98 Å². The van der Waals surface area contributed by atoms with Crippen LogP contribution in [-0.4, -0.2) is 19.0 Å². The zero-order valence-corrected chi connectivity index (χ0v) is 14.2. The Bertz CT molecular complexity index is 905. The number of benzene rings is 3. The summed E-state index contributed by atoms with van der Waals surface area (Å²) in [5, 5.41) is 23.6. The van der Waals surface area contributed by atoms with Crippen LogP contribution in [0, 0.1) is 0 Å². The molecule has 0 saturated carbocycles. The summed E-state index contributed by atoms with van der Waals surface area (Å²) in [4.78, 5) is 8.96. The maximum absolute atomic E-state index is 11.8. The van der Waals surface area contributed by atoms with E-state index in [0.29, 0.717) is 17.7 Å². The number of para-hydroxylation sites is 2. The normalized spacial score (nSPS) is 12.6. The molecule has 26 heavy (non-hydrogen) atoms. The van der Waals surface area contributed by atoms with E-state index in [2.05, 4.69) is 9.98 Å². The van der Waals surface area contributed by atoms with Gasteiger partial charge in [0, 0.05) is 12.4 Å². The summed E-state index contributed by atoms with van der Waals surface area (Å²) >= 11 is 0. The highest BCUT2D eigenvalue weighted by Gasteiger charge is 2.07. The average molecular weight is 342 g/mol. The minimum absolute atomic E-state index is 0.0590. The smallest absolute Gasteiger partial charge is 0.0944 e. The molecule has 0 heterocycles. The Morgan fingerprint density at radius 2 is 1.23 bits per heavy atom. The fraction of sp³-hybridized carbons (Fsp3) is 0.0909. The minimum atomic E-state index is -0.231. The summed E-state index contributed by atoms with van der Waals surface area (Å²) in [6.07, 6.45) is 3.17. The van der Waals surface area contributed by atoms with Gasteiger partial charge in [0.05, 0.1) is 12.6 Å². The second kappa shape index (κ2) is 8.62. The lowest BCUT2D eigenvalue weighted by atomic mass is 10.1. The molecular weight excluding hydrogens is 324 g/mol. The van der Waals surface area contributed by atoms with Crippen molar-refractivity contribution in [1.29, 1.82) is 0 Å². The van der Waals surface area contributed by atoms with Crippen molar-refractivity contribution in [3.8, 4) is 11.5 Å². The third kappa shape index (κ3) is 4.57. The Kier molecular flexibility index (Phi) is 5.78. The summed E-state index contributed by atoms with van der Waals surface area (Å²) in [6, 6.07) is 23.1. The van der Waals surface area contributed by atoms with Crippen molar-refractivity contribution < 1.29 is 10.2 Å². The molecule has 0 amide bonds. The first-order chi connectivity index (χ1) is 12.7. The molecule has 3 aromatic rings. The van der Waals surface area contributed by atoms with Gasteiger partial charge in [-0.3, -0.25) is 9.98 Å². The molecule has 0 aromatic heterocycles. The number of nitrogens with zero attached hydrogens (tertiary/aromatic N) is 2. The van der Waals surface area contributed by atoms with Gasteiger partial charge >= 0.3 is 0 Å². The third-order valence-corrected chi connectivity index (χ3v) is 3.92. The molecule has 0 spiro atoms. The van der Waals surface area contributed by atoms with Crippen LogP contribution in [0.25, 0.3) is 0 Å². The summed E-state index contributed by atoms with van der Waals surface area (Å²) < 4.78 is 0. The molecule has 0 fully saturated rings. The second-order valence-electron chi connectivity index (χ2n) is 5.77. The summed E-state index contributed by atoms with van der Waals surface area (Å²) in [5.74, 6) is -0.122. The maximum atomic E-state index is 11.8. The van der Waals surface area contributed by atoms with Crippen molar-refractivity contribution in [3.63, 3.8) is 0 Å². The Labute approximate surface area is 152 Å². The van der Waals surface area contributed by atoms with Crippen molar-refractivity contribution in [3.05, 3.63) is 95.6 Å². The predicted molar refractivity (Wildman–Crippen MR) is 101 cm³/mol. The Morgan fingerprint density at radius 3 is 1.85 bits per heavy atom. The minimum Gasteiger partial charge on any atom is -0.872 e. The molecule has 4 heteroatoms. The number of rotatable bonds is 6. The first kappa shape index (κ1) is 17.4. The molecule has 0 N–H and O–H groups in total. The fourth-order valence-corrected chi connectivity index (χ4v) is 2.51. The van der Waals surface area contributed by atoms with Crippen LogP contribution in [0.15, 0.2) is 88.8 Å². The van der Waals surface area contributed by atoms with Gasteiger partial charge in [0.25, 0.3) is 0 Å². The first-order valence-electron chi connectivity index (χ1n) is 8.34. The van der Waals surface area contributed by atoms with E-state index in [-0.39, 0.29) is 17.5 Å². The summed E-state index contributed by atoms with van der Waals surface area (Å²) in [7, 11) is 0. The van der Waals surface area contributed by atoms with Gasteiger partial charge in [-0.1, -0.05) is 78.9 Å². The summed E-state index contributed by atoms with van der Waals surface area (Å²) in [6.45, 7) is 0.385. The van der Waals surface area contributed by atoms with Gasteiger partial charge in [0.1, 0.15) is 0 Å². The number of hydrogen-bond acceptors (Lipinski definition) is 4. The van der Waals surface area contributed by atoms with Gasteiger partial charge in [-0.05, 0) is 16.7 Å². The number of hydrogen-bond donors (Lipinski definition) is 0. The molecule has 0 bridgehead atoms. The highest BCUT2D eigenvalue weighted by molar-refractivity contribution is 5.84. The standard InChI is InChI=1S/C22H20N2O2/c25-21-12-6-4-10-18(21)14-23-16-20(17-8-2-1-3-9-17)24-15-19-11-5-7-13-22(19)26/h1-15,20,25-26H,16H2/p-2/t20-/m0/s1. The topological polar surface area (TPSA) is 70.8 Å². The van der Waals surface area contributed by atoms with Crippen LogP contribution in [0.1, 0.15) is 22.7 Å². The van der Waals surface area contributed by atoms with E-state index in [1.54, 1.807) is 42.8 Å². The molecule has 0 radical (unpaired) electrons. The van der Waals surface area contributed by atoms with E-state index < -0.39 is 0 Å². The molecule has 0 unspecified atom stereocenters. The Hall–Kier alpha value is -3.40. The molecule has 1 atom stereocenters. The molecule has 4 nitrogen and oxygen atoms in total. The average Bonchev–Trinajstić information content (AvgIpc) is 2.68. The predicted octanol–water partition coefficient (Wildman–Crippen LogP) is 3.11. The lowest BCUT2D eigenvalue weighted by molar-refractivity contribution is -0.269. The first-order valence-corrected chi connectivity index (χ1v) is 8.34. The molecule has 130 valence electrons. The van der Waals surface area contributed by atoms with Gasteiger partial charge in [-0.2, -0.15) is 0 Å². The van der Waals surface area contributed by atoms with Crippen LogP contribution in [0.2, 0.25) is 0 Å². The molecular formula is C22H18N2O2-2. The Morgan fingerprint density at radius 1 is 0.692 bits per heavy atom. The van der Waals surface area contributed by atoms with Gasteiger partial charge in [-0.25, -0.2) is 0 Å². The Balaban J connectivity index is 1.80. The maximum Gasteiger partial charge on any atom is 0.0944 e. The second-order valence-corrected chi connectivity index (χ2v) is 5.77. The van der Waals surface area contributed by atoms with Crippen LogP contribution in [0.3, 0.4) is 0 Å². The molecule has 0 saturated heterocycles. The van der Waals surface area contributed by atoms with Gasteiger partial charge in [0.2, 0.25) is 0 Å². The zero-order valence-electron chi connectivity index (χ0n) is 14.2. The lowest BCUT2D eigenvalue weighted by Crippen LogP contribution is -2.03. The van der Waals surface area contributed by atoms with Gasteiger partial charge in [-0.15, -0.1) is 11.5 Å². The van der Waals surface area contributed by atoms with E-state index in [1.165, 1.54) is 12.1 Å². The molecule has 0 aliphatic heterocycles. The molecule has 0 aliphatic rings. The third-order valence-electron chi connectivity index (χ3n) is 3.92. The molecule has 3 aromatic carbocycles. The molecule has 3 rings (SSSR count). The van der Waals surface area contributed by atoms with Crippen molar-refractivity contribution >= 4 is 12.4 Å². The van der Waals surface area contributed by atoms with Crippen molar-refractivity contribution in [2.75, 3.05) is 6.54 Å². The van der Waals surface area contributed by atoms with E-state index in [4.69, 9.17) is 0 Å². The quantitative estimate of drug-likeness (QED) is 0.646. The SMILES string of the molecule is [O-]c1ccccc1C=NC[C@H](N=Cc1ccccc1[O-])c1ccccc1. The van der Waals surface area contributed by atoms with E-state index >= 15 is 0 Å². The van der Waals surface area contributed by atoms with Crippen LogP contribution >= 0.6 is 0 Å². The lowest BCUT2D eigenvalue weighted by Gasteiger charge is -2.13. The largest absolute Gasteiger partial charge is 0.872 e. The van der Waals surface area contributed by atoms with E-state index in [1.807, 2.05) is 36.4 Å². The highest BCUT2D eigenvalue weighted by Crippen LogP contribution is 2.19. The fourth-order valence-electron chi connectivity index (χ4n) is 2.51. The van der Waals surface area contributed by atoms with Crippen LogP contribution in [0.5, 0.6) is 11.5 Å². The van der Waals surface area contributed by atoms with Gasteiger partial charge < -0.3 is 10.2 Å².